The first-order valence-corrected chi connectivity index (χ1v) is 4.09. The molecule has 1 aliphatic carbocycles. The van der Waals surface area contributed by atoms with Crippen LogP contribution in [0.5, 0.6) is 0 Å². The predicted octanol–water partition coefficient (Wildman–Crippen LogP) is 1.52. The number of rotatable bonds is 0. The topological polar surface area (TPSA) is 33.4 Å². The number of hydrogen-bond acceptors (Lipinski definition) is 2. The van der Waals surface area contributed by atoms with E-state index in [0.29, 0.717) is 0 Å². The second-order valence-electron chi connectivity index (χ2n) is 3.12. The van der Waals surface area contributed by atoms with Crippen molar-refractivity contribution < 1.29 is 9.52 Å². The van der Waals surface area contributed by atoms with Crippen LogP contribution < -0.4 is 0 Å². The molecule has 60 valence electrons. The van der Waals surface area contributed by atoms with E-state index >= 15 is 0 Å². The second kappa shape index (κ2) is 2.70. The van der Waals surface area contributed by atoms with Crippen molar-refractivity contribution in [3.63, 3.8) is 0 Å². The standard InChI is InChI=1S/C9H12O2/c10-8-2-1-3-9-7(6-8)4-5-11-9/h4-5,8,10H,1-3,6H2. The molecule has 0 spiro atoms. The lowest BCUT2D eigenvalue weighted by Gasteiger charge is -2.03. The van der Waals surface area contributed by atoms with Crippen molar-refractivity contribution in [2.45, 2.75) is 31.8 Å². The van der Waals surface area contributed by atoms with Crippen LogP contribution >= 0.6 is 0 Å². The molecule has 0 saturated carbocycles. The summed E-state index contributed by atoms with van der Waals surface area (Å²) < 4.78 is 5.27. The molecule has 1 aromatic rings. The third-order valence-corrected chi connectivity index (χ3v) is 2.23. The van der Waals surface area contributed by atoms with Crippen LogP contribution in [0.1, 0.15) is 24.2 Å². The molecule has 0 radical (unpaired) electrons. The van der Waals surface area contributed by atoms with Gasteiger partial charge in [0.1, 0.15) is 5.76 Å². The zero-order valence-corrected chi connectivity index (χ0v) is 6.42. The fraction of sp³-hybridized carbons (Fsp3) is 0.556. The van der Waals surface area contributed by atoms with Crippen molar-refractivity contribution in [3.05, 3.63) is 23.7 Å². The van der Waals surface area contributed by atoms with Gasteiger partial charge in [0.05, 0.1) is 12.4 Å². The largest absolute Gasteiger partial charge is 0.469 e. The number of aliphatic hydroxyl groups excluding tert-OH is 1. The van der Waals surface area contributed by atoms with Crippen LogP contribution in [0.3, 0.4) is 0 Å². The maximum Gasteiger partial charge on any atom is 0.107 e. The van der Waals surface area contributed by atoms with Crippen LogP contribution in [0, 0.1) is 0 Å². The fourth-order valence-corrected chi connectivity index (χ4v) is 1.62. The quantitative estimate of drug-likeness (QED) is 0.572. The van der Waals surface area contributed by atoms with Crippen molar-refractivity contribution in [1.82, 2.24) is 0 Å². The Balaban J connectivity index is 2.26. The lowest BCUT2D eigenvalue weighted by atomic mass is 10.1. The lowest BCUT2D eigenvalue weighted by molar-refractivity contribution is 0.165. The third-order valence-electron chi connectivity index (χ3n) is 2.23. The Morgan fingerprint density at radius 3 is 3.36 bits per heavy atom. The Hall–Kier alpha value is -0.760. The monoisotopic (exact) mass is 152 g/mol. The van der Waals surface area contributed by atoms with E-state index in [-0.39, 0.29) is 6.10 Å². The van der Waals surface area contributed by atoms with Gasteiger partial charge in [-0.15, -0.1) is 0 Å². The normalized spacial score (nSPS) is 24.3. The third kappa shape index (κ3) is 1.31. The second-order valence-corrected chi connectivity index (χ2v) is 3.12. The molecule has 1 N–H and O–H groups in total. The summed E-state index contributed by atoms with van der Waals surface area (Å²) in [7, 11) is 0. The molecule has 11 heavy (non-hydrogen) atoms. The SMILES string of the molecule is OC1CCCc2occc2C1. The highest BCUT2D eigenvalue weighted by molar-refractivity contribution is 5.19. The van der Waals surface area contributed by atoms with Crippen LogP contribution in [0.25, 0.3) is 0 Å². The lowest BCUT2D eigenvalue weighted by Crippen LogP contribution is -2.07. The van der Waals surface area contributed by atoms with Crippen molar-refractivity contribution in [2.75, 3.05) is 0 Å². The van der Waals surface area contributed by atoms with Gasteiger partial charge in [0.25, 0.3) is 0 Å². The summed E-state index contributed by atoms with van der Waals surface area (Å²) in [4.78, 5) is 0. The number of furan rings is 1. The average molecular weight is 152 g/mol. The Morgan fingerprint density at radius 1 is 1.55 bits per heavy atom. The molecular weight excluding hydrogens is 140 g/mol. The van der Waals surface area contributed by atoms with Crippen molar-refractivity contribution in [2.24, 2.45) is 0 Å². The Labute approximate surface area is 65.8 Å². The summed E-state index contributed by atoms with van der Waals surface area (Å²) in [6, 6.07) is 1.96. The van der Waals surface area contributed by atoms with Gasteiger partial charge in [-0.25, -0.2) is 0 Å². The van der Waals surface area contributed by atoms with E-state index in [9.17, 15) is 5.11 Å². The van der Waals surface area contributed by atoms with Crippen LogP contribution in [0.15, 0.2) is 16.7 Å². The molecule has 2 heteroatoms. The minimum absolute atomic E-state index is 0.158. The summed E-state index contributed by atoms with van der Waals surface area (Å²) in [5, 5.41) is 9.41. The molecule has 0 aliphatic heterocycles. The van der Waals surface area contributed by atoms with Crippen LogP contribution in [0.4, 0.5) is 0 Å². The zero-order chi connectivity index (χ0) is 7.68. The predicted molar refractivity (Wildman–Crippen MR) is 41.4 cm³/mol. The van der Waals surface area contributed by atoms with Gasteiger partial charge < -0.3 is 9.52 Å². The van der Waals surface area contributed by atoms with Gasteiger partial charge in [-0.1, -0.05) is 0 Å². The van der Waals surface area contributed by atoms with E-state index in [2.05, 4.69) is 0 Å². The highest BCUT2D eigenvalue weighted by atomic mass is 16.3. The Morgan fingerprint density at radius 2 is 2.45 bits per heavy atom. The molecule has 1 atom stereocenters. The minimum Gasteiger partial charge on any atom is -0.469 e. The molecule has 2 nitrogen and oxygen atoms in total. The first kappa shape index (κ1) is 6.92. The molecule has 1 aromatic heterocycles. The maximum atomic E-state index is 9.41. The average Bonchev–Trinajstić information content (AvgIpc) is 2.31. The van der Waals surface area contributed by atoms with Gasteiger partial charge in [0, 0.05) is 12.8 Å². The minimum atomic E-state index is -0.158. The molecule has 0 aromatic carbocycles. The summed E-state index contributed by atoms with van der Waals surface area (Å²) in [6.07, 6.45) is 5.26. The van der Waals surface area contributed by atoms with Crippen LogP contribution in [-0.2, 0) is 12.8 Å². The molecular formula is C9H12O2. The van der Waals surface area contributed by atoms with E-state index in [1.165, 1.54) is 5.56 Å². The first-order chi connectivity index (χ1) is 5.36. The van der Waals surface area contributed by atoms with Gasteiger partial charge in [0.2, 0.25) is 0 Å². The highest BCUT2D eigenvalue weighted by Crippen LogP contribution is 2.21. The summed E-state index contributed by atoms with van der Waals surface area (Å²) in [5.74, 6) is 1.07. The summed E-state index contributed by atoms with van der Waals surface area (Å²) >= 11 is 0. The van der Waals surface area contributed by atoms with E-state index in [0.717, 1.165) is 31.4 Å². The Kier molecular flexibility index (Phi) is 1.70. The van der Waals surface area contributed by atoms with Gasteiger partial charge in [-0.3, -0.25) is 0 Å². The molecule has 1 heterocycles. The molecule has 0 fully saturated rings. The molecule has 0 amide bonds. The molecule has 0 bridgehead atoms. The molecule has 1 aliphatic rings. The van der Waals surface area contributed by atoms with Crippen LogP contribution in [0.2, 0.25) is 0 Å². The van der Waals surface area contributed by atoms with Crippen molar-refractivity contribution in [3.8, 4) is 0 Å². The maximum absolute atomic E-state index is 9.41. The molecule has 0 saturated heterocycles. The Bertz CT molecular complexity index is 239. The van der Waals surface area contributed by atoms with E-state index in [1.807, 2.05) is 6.07 Å². The number of hydrogen-bond donors (Lipinski definition) is 1. The van der Waals surface area contributed by atoms with E-state index in [4.69, 9.17) is 4.42 Å². The number of fused-ring (bicyclic) bond motifs is 1. The van der Waals surface area contributed by atoms with Crippen molar-refractivity contribution in [1.29, 1.82) is 0 Å². The molecule has 2 rings (SSSR count). The number of aryl methyl sites for hydroxylation is 1. The summed E-state index contributed by atoms with van der Waals surface area (Å²) in [5.41, 5.74) is 1.19. The van der Waals surface area contributed by atoms with Gasteiger partial charge in [0.15, 0.2) is 0 Å². The first-order valence-electron chi connectivity index (χ1n) is 4.09. The van der Waals surface area contributed by atoms with Crippen molar-refractivity contribution >= 4 is 0 Å². The highest BCUT2D eigenvalue weighted by Gasteiger charge is 2.15. The fourth-order valence-electron chi connectivity index (χ4n) is 1.62. The number of aliphatic hydroxyl groups is 1. The van der Waals surface area contributed by atoms with Crippen LogP contribution in [-0.4, -0.2) is 11.2 Å². The summed E-state index contributed by atoms with van der Waals surface area (Å²) in [6.45, 7) is 0. The smallest absolute Gasteiger partial charge is 0.107 e. The van der Waals surface area contributed by atoms with E-state index < -0.39 is 0 Å². The van der Waals surface area contributed by atoms with Gasteiger partial charge >= 0.3 is 0 Å². The van der Waals surface area contributed by atoms with Gasteiger partial charge in [-0.05, 0) is 24.5 Å². The van der Waals surface area contributed by atoms with Gasteiger partial charge in [-0.2, -0.15) is 0 Å². The molecule has 1 unspecified atom stereocenters. The van der Waals surface area contributed by atoms with E-state index in [1.54, 1.807) is 6.26 Å². The zero-order valence-electron chi connectivity index (χ0n) is 6.42.